The average molecular weight is 525 g/mol. The Morgan fingerprint density at radius 3 is 2.46 bits per heavy atom. The number of aromatic amines is 1. The van der Waals surface area contributed by atoms with E-state index in [1.165, 1.54) is 17.0 Å². The van der Waals surface area contributed by atoms with Crippen LogP contribution in [-0.2, 0) is 16.0 Å². The van der Waals surface area contributed by atoms with Crippen LogP contribution in [0.2, 0.25) is 0 Å². The molecule has 0 spiro atoms. The number of aromatic carboxylic acids is 1. The van der Waals surface area contributed by atoms with Crippen LogP contribution in [0.15, 0.2) is 71.7 Å². The number of aromatic hydroxyl groups is 1. The molecule has 1 aromatic heterocycles. The van der Waals surface area contributed by atoms with Gasteiger partial charge in [0.05, 0.1) is 22.5 Å². The minimum absolute atomic E-state index is 0.0828. The van der Waals surface area contributed by atoms with E-state index >= 15 is 0 Å². The van der Waals surface area contributed by atoms with Gasteiger partial charge in [-0.05, 0) is 42.3 Å². The Bertz CT molecular complexity index is 1620. The first-order valence-electron chi connectivity index (χ1n) is 12.6. The number of hydrogen-bond donors (Lipinski definition) is 3. The van der Waals surface area contributed by atoms with E-state index in [9.17, 15) is 24.6 Å². The van der Waals surface area contributed by atoms with Crippen LogP contribution in [0.3, 0.4) is 0 Å². The number of rotatable bonds is 7. The Labute approximate surface area is 225 Å². The van der Waals surface area contributed by atoms with E-state index in [1.807, 2.05) is 48.5 Å². The molecule has 9 heteroatoms. The van der Waals surface area contributed by atoms with Crippen LogP contribution in [0.25, 0.3) is 10.9 Å². The molecule has 0 aliphatic carbocycles. The number of nitrogens with zero attached hydrogens (tertiary/aromatic N) is 3. The highest BCUT2D eigenvalue weighted by Gasteiger charge is 2.26. The molecule has 9 nitrogen and oxygen atoms in total. The number of carboxylic acids is 1. The summed E-state index contributed by atoms with van der Waals surface area (Å²) in [5, 5.41) is 20.9. The third-order valence-corrected chi connectivity index (χ3v) is 6.86. The molecule has 3 aromatic carbocycles. The lowest BCUT2D eigenvalue weighted by Gasteiger charge is -2.18. The molecule has 0 fully saturated rings. The van der Waals surface area contributed by atoms with Crippen LogP contribution in [0.4, 0.5) is 11.4 Å². The van der Waals surface area contributed by atoms with Crippen molar-refractivity contribution in [1.82, 2.24) is 9.88 Å². The first-order valence-corrected chi connectivity index (χ1v) is 12.6. The predicted molar refractivity (Wildman–Crippen MR) is 149 cm³/mol. The number of hydrogen-bond acceptors (Lipinski definition) is 5. The third kappa shape index (κ3) is 5.11. The molecule has 0 saturated carbocycles. The SMILES string of the molecule is CN(C)C(=O)CCC(=O)N1CCc2cc(N=C(c3ccccc3)c3c(O)[nH]c4cc(C(=O)O)ccc34)ccc21. The lowest BCUT2D eigenvalue weighted by atomic mass is 10.00. The van der Waals surface area contributed by atoms with Crippen molar-refractivity contribution in [2.45, 2.75) is 19.3 Å². The molecule has 0 atom stereocenters. The second kappa shape index (κ2) is 10.4. The maximum atomic E-state index is 12.8. The molecule has 0 bridgehead atoms. The lowest BCUT2D eigenvalue weighted by Crippen LogP contribution is -2.30. The zero-order valence-electron chi connectivity index (χ0n) is 21.6. The molecule has 3 N–H and O–H groups in total. The highest BCUT2D eigenvalue weighted by molar-refractivity contribution is 6.22. The third-order valence-electron chi connectivity index (χ3n) is 6.86. The minimum atomic E-state index is -1.06. The van der Waals surface area contributed by atoms with Crippen molar-refractivity contribution < 1.29 is 24.6 Å². The number of H-pyrrole nitrogens is 1. The topological polar surface area (TPSA) is 126 Å². The molecule has 5 rings (SSSR count). The second-order valence-corrected chi connectivity index (χ2v) is 9.64. The van der Waals surface area contributed by atoms with Gasteiger partial charge in [-0.2, -0.15) is 0 Å². The Hall–Kier alpha value is -4.92. The van der Waals surface area contributed by atoms with Gasteiger partial charge in [0.2, 0.25) is 11.8 Å². The number of fused-ring (bicyclic) bond motifs is 2. The number of carbonyl (C=O) groups is 3. The van der Waals surface area contributed by atoms with E-state index in [0.29, 0.717) is 40.8 Å². The fraction of sp³-hybridized carbons (Fsp3) is 0.200. The van der Waals surface area contributed by atoms with Gasteiger partial charge in [-0.1, -0.05) is 36.4 Å². The van der Waals surface area contributed by atoms with Crippen LogP contribution in [0.5, 0.6) is 5.88 Å². The number of nitrogens with one attached hydrogen (secondary N) is 1. The first-order chi connectivity index (χ1) is 18.7. The van der Waals surface area contributed by atoms with E-state index in [1.54, 1.807) is 25.1 Å². The molecule has 0 unspecified atom stereocenters. The summed E-state index contributed by atoms with van der Waals surface area (Å²) >= 11 is 0. The van der Waals surface area contributed by atoms with Gasteiger partial charge in [-0.3, -0.25) is 9.59 Å². The average Bonchev–Trinajstić information content (AvgIpc) is 3.50. The fourth-order valence-electron chi connectivity index (χ4n) is 4.84. The zero-order chi connectivity index (χ0) is 27.7. The summed E-state index contributed by atoms with van der Waals surface area (Å²) in [5.74, 6) is -1.34. The predicted octanol–water partition coefficient (Wildman–Crippen LogP) is 4.50. The van der Waals surface area contributed by atoms with Crippen molar-refractivity contribution in [3.63, 3.8) is 0 Å². The summed E-state index contributed by atoms with van der Waals surface area (Å²) in [7, 11) is 3.35. The van der Waals surface area contributed by atoms with Crippen LogP contribution in [0, 0.1) is 0 Å². The summed E-state index contributed by atoms with van der Waals surface area (Å²) in [6.45, 7) is 0.540. The Balaban J connectivity index is 1.51. The number of carboxylic acid groups (broad SMARTS) is 1. The highest BCUT2D eigenvalue weighted by Crippen LogP contribution is 2.35. The maximum absolute atomic E-state index is 12.8. The molecule has 39 heavy (non-hydrogen) atoms. The molecular formula is C30H28N4O5. The first kappa shape index (κ1) is 25.7. The number of carbonyl (C=O) groups excluding carboxylic acids is 2. The van der Waals surface area contributed by atoms with Crippen molar-refractivity contribution in [2.75, 3.05) is 25.5 Å². The fourth-order valence-corrected chi connectivity index (χ4v) is 4.84. The van der Waals surface area contributed by atoms with Gasteiger partial charge in [-0.25, -0.2) is 9.79 Å². The van der Waals surface area contributed by atoms with E-state index in [0.717, 1.165) is 16.8 Å². The van der Waals surface area contributed by atoms with E-state index in [-0.39, 0.29) is 36.1 Å². The van der Waals surface area contributed by atoms with Gasteiger partial charge < -0.3 is 25.0 Å². The molecule has 1 aliphatic heterocycles. The number of anilines is 1. The summed E-state index contributed by atoms with van der Waals surface area (Å²) in [6, 6.07) is 19.7. The zero-order valence-corrected chi connectivity index (χ0v) is 21.6. The summed E-state index contributed by atoms with van der Waals surface area (Å²) in [5.41, 5.74) is 4.81. The van der Waals surface area contributed by atoms with E-state index in [2.05, 4.69) is 4.98 Å². The van der Waals surface area contributed by atoms with Gasteiger partial charge >= 0.3 is 5.97 Å². The van der Waals surface area contributed by atoms with Gasteiger partial charge in [0.1, 0.15) is 0 Å². The van der Waals surface area contributed by atoms with Crippen LogP contribution in [-0.4, -0.2) is 64.2 Å². The molecule has 1 aliphatic rings. The van der Waals surface area contributed by atoms with Gasteiger partial charge in [0.25, 0.3) is 0 Å². The van der Waals surface area contributed by atoms with Crippen molar-refractivity contribution >= 4 is 45.8 Å². The largest absolute Gasteiger partial charge is 0.494 e. The van der Waals surface area contributed by atoms with Crippen molar-refractivity contribution in [1.29, 1.82) is 0 Å². The molecule has 2 amide bonds. The van der Waals surface area contributed by atoms with Crippen molar-refractivity contribution in [2.24, 2.45) is 4.99 Å². The molecule has 198 valence electrons. The summed E-state index contributed by atoms with van der Waals surface area (Å²) < 4.78 is 0. The van der Waals surface area contributed by atoms with E-state index < -0.39 is 5.97 Å². The van der Waals surface area contributed by atoms with Crippen molar-refractivity contribution in [3.8, 4) is 5.88 Å². The molecule has 0 radical (unpaired) electrons. The molecule has 2 heterocycles. The number of benzene rings is 3. The number of aromatic nitrogens is 1. The minimum Gasteiger partial charge on any atom is -0.494 e. The Morgan fingerprint density at radius 1 is 0.974 bits per heavy atom. The monoisotopic (exact) mass is 524 g/mol. The van der Waals surface area contributed by atoms with Crippen LogP contribution >= 0.6 is 0 Å². The Kier molecular flexibility index (Phi) is 6.89. The number of amides is 2. The summed E-state index contributed by atoms with van der Waals surface area (Å²) in [4.78, 5) is 47.2. The van der Waals surface area contributed by atoms with E-state index in [4.69, 9.17) is 4.99 Å². The second-order valence-electron chi connectivity index (χ2n) is 9.64. The Morgan fingerprint density at radius 2 is 1.74 bits per heavy atom. The smallest absolute Gasteiger partial charge is 0.335 e. The lowest BCUT2D eigenvalue weighted by molar-refractivity contribution is -0.130. The maximum Gasteiger partial charge on any atom is 0.335 e. The van der Waals surface area contributed by atoms with Crippen LogP contribution in [0.1, 0.15) is 39.9 Å². The standard InChI is InChI=1S/C30H28N4O5/c1-33(2)25(35)12-13-26(36)34-15-14-19-16-21(9-11-24(19)34)31-28(18-6-4-3-5-7-18)27-22-10-8-20(30(38)39)17-23(22)32-29(27)37/h3-11,16-17,32,37H,12-15H2,1-2H3,(H,38,39). The molecular weight excluding hydrogens is 496 g/mol. The normalized spacial score (nSPS) is 13.0. The van der Waals surface area contributed by atoms with Crippen LogP contribution < -0.4 is 4.90 Å². The van der Waals surface area contributed by atoms with Gasteiger partial charge in [0.15, 0.2) is 5.88 Å². The van der Waals surface area contributed by atoms with Crippen molar-refractivity contribution in [3.05, 3.63) is 89.0 Å². The number of aliphatic imine (C=N–C) groups is 1. The quantitative estimate of drug-likeness (QED) is 0.307. The van der Waals surface area contributed by atoms with Gasteiger partial charge in [0, 0.05) is 55.6 Å². The molecule has 0 saturated heterocycles. The summed E-state index contributed by atoms with van der Waals surface area (Å²) in [6.07, 6.45) is 0.990. The van der Waals surface area contributed by atoms with Gasteiger partial charge in [-0.15, -0.1) is 0 Å². The highest BCUT2D eigenvalue weighted by atomic mass is 16.4. The molecule has 4 aromatic rings.